The van der Waals surface area contributed by atoms with Crippen molar-refractivity contribution in [3.8, 4) is 11.5 Å². The van der Waals surface area contributed by atoms with Crippen molar-refractivity contribution in [1.82, 2.24) is 4.72 Å². The van der Waals surface area contributed by atoms with Crippen molar-refractivity contribution in [2.24, 2.45) is 0 Å². The van der Waals surface area contributed by atoms with Gasteiger partial charge < -0.3 is 9.47 Å². The Morgan fingerprint density at radius 1 is 0.903 bits per heavy atom. The molecule has 1 aliphatic carbocycles. The molecule has 0 radical (unpaired) electrons. The molecule has 5 nitrogen and oxygen atoms in total. The summed E-state index contributed by atoms with van der Waals surface area (Å²) in [5.74, 6) is 1.26. The molecule has 4 rings (SSSR count). The number of hydrogen-bond acceptors (Lipinski definition) is 4. The topological polar surface area (TPSA) is 64.6 Å². The van der Waals surface area contributed by atoms with E-state index in [1.165, 1.54) is 5.56 Å². The van der Waals surface area contributed by atoms with Gasteiger partial charge in [0.05, 0.1) is 25.2 Å². The monoisotopic (exact) mass is 437 g/mol. The molecule has 2 unspecified atom stereocenters. The van der Waals surface area contributed by atoms with Crippen LogP contribution in [0.3, 0.4) is 0 Å². The normalized spacial score (nSPS) is 18.3. The van der Waals surface area contributed by atoms with E-state index in [-0.39, 0.29) is 16.9 Å². The van der Waals surface area contributed by atoms with Gasteiger partial charge in [-0.3, -0.25) is 0 Å². The maximum Gasteiger partial charge on any atom is 0.241 e. The fourth-order valence-electron chi connectivity index (χ4n) is 4.30. The molecule has 0 aromatic heterocycles. The molecule has 0 saturated carbocycles. The van der Waals surface area contributed by atoms with Gasteiger partial charge in [-0.25, -0.2) is 13.1 Å². The van der Waals surface area contributed by atoms with Gasteiger partial charge in [0.1, 0.15) is 0 Å². The van der Waals surface area contributed by atoms with Gasteiger partial charge in [0, 0.05) is 5.92 Å². The van der Waals surface area contributed by atoms with Crippen molar-refractivity contribution in [3.05, 3.63) is 89.0 Å². The highest BCUT2D eigenvalue weighted by atomic mass is 32.2. The summed E-state index contributed by atoms with van der Waals surface area (Å²) in [6.45, 7) is 1.94. The maximum atomic E-state index is 13.3. The van der Waals surface area contributed by atoms with E-state index in [1.54, 1.807) is 26.4 Å². The third-order valence-electron chi connectivity index (χ3n) is 5.97. The highest BCUT2D eigenvalue weighted by Crippen LogP contribution is 2.43. The second-order valence-electron chi connectivity index (χ2n) is 7.87. The molecule has 1 aliphatic rings. The van der Waals surface area contributed by atoms with Crippen LogP contribution in [-0.2, 0) is 16.4 Å². The number of sulfonamides is 1. The van der Waals surface area contributed by atoms with Crippen LogP contribution in [-0.4, -0.2) is 22.6 Å². The van der Waals surface area contributed by atoms with Crippen LogP contribution in [0.4, 0.5) is 0 Å². The number of rotatable bonds is 6. The Kier molecular flexibility index (Phi) is 6.03. The van der Waals surface area contributed by atoms with E-state index in [0.29, 0.717) is 11.5 Å². The number of aryl methyl sites for hydroxylation is 2. The van der Waals surface area contributed by atoms with Crippen LogP contribution in [0.15, 0.2) is 71.6 Å². The Hall–Kier alpha value is -2.83. The average Bonchev–Trinajstić information content (AvgIpc) is 2.79. The number of ether oxygens (including phenoxy) is 2. The minimum absolute atomic E-state index is 0.0325. The first kappa shape index (κ1) is 21.4. The lowest BCUT2D eigenvalue weighted by atomic mass is 9.76. The summed E-state index contributed by atoms with van der Waals surface area (Å²) in [6.07, 6.45) is 1.71. The largest absolute Gasteiger partial charge is 0.493 e. The molecule has 3 aromatic carbocycles. The number of benzene rings is 3. The molecule has 0 saturated heterocycles. The molecular weight excluding hydrogens is 410 g/mol. The first-order valence-corrected chi connectivity index (χ1v) is 11.8. The Morgan fingerprint density at radius 3 is 2.32 bits per heavy atom. The van der Waals surface area contributed by atoms with Crippen molar-refractivity contribution in [2.75, 3.05) is 14.2 Å². The van der Waals surface area contributed by atoms with Crippen molar-refractivity contribution < 1.29 is 17.9 Å². The molecule has 0 amide bonds. The smallest absolute Gasteiger partial charge is 0.241 e. The van der Waals surface area contributed by atoms with Gasteiger partial charge in [-0.1, -0.05) is 48.0 Å². The maximum absolute atomic E-state index is 13.3. The molecule has 0 aliphatic heterocycles. The predicted molar refractivity (Wildman–Crippen MR) is 121 cm³/mol. The van der Waals surface area contributed by atoms with Gasteiger partial charge in [-0.05, 0) is 60.7 Å². The van der Waals surface area contributed by atoms with Gasteiger partial charge in [0.25, 0.3) is 0 Å². The second kappa shape index (κ2) is 8.73. The van der Waals surface area contributed by atoms with Crippen LogP contribution in [0.25, 0.3) is 0 Å². The first-order valence-electron chi connectivity index (χ1n) is 10.3. The van der Waals surface area contributed by atoms with Crippen LogP contribution >= 0.6 is 0 Å². The minimum Gasteiger partial charge on any atom is -0.493 e. The van der Waals surface area contributed by atoms with E-state index >= 15 is 0 Å². The summed E-state index contributed by atoms with van der Waals surface area (Å²) in [7, 11) is -0.484. The third-order valence-corrected chi connectivity index (χ3v) is 7.42. The van der Waals surface area contributed by atoms with Gasteiger partial charge >= 0.3 is 0 Å². The lowest BCUT2D eigenvalue weighted by Crippen LogP contribution is -2.35. The zero-order valence-electron chi connectivity index (χ0n) is 18.0. The van der Waals surface area contributed by atoms with E-state index in [0.717, 1.165) is 29.5 Å². The second-order valence-corrected chi connectivity index (χ2v) is 9.58. The van der Waals surface area contributed by atoms with Crippen LogP contribution in [0.5, 0.6) is 11.5 Å². The average molecular weight is 438 g/mol. The fraction of sp³-hybridized carbons (Fsp3) is 0.280. The predicted octanol–water partition coefficient (Wildman–Crippen LogP) is 4.76. The van der Waals surface area contributed by atoms with Crippen molar-refractivity contribution in [2.45, 2.75) is 36.6 Å². The number of hydrogen-bond donors (Lipinski definition) is 1. The summed E-state index contributed by atoms with van der Waals surface area (Å²) >= 11 is 0. The molecule has 0 heterocycles. The molecule has 0 spiro atoms. The van der Waals surface area contributed by atoms with Crippen molar-refractivity contribution in [3.63, 3.8) is 0 Å². The van der Waals surface area contributed by atoms with Crippen LogP contribution in [0.2, 0.25) is 0 Å². The first-order chi connectivity index (χ1) is 14.9. The number of fused-ring (bicyclic) bond motifs is 1. The Morgan fingerprint density at radius 2 is 1.61 bits per heavy atom. The molecule has 3 aromatic rings. The van der Waals surface area contributed by atoms with E-state index in [2.05, 4.69) is 10.8 Å². The van der Waals surface area contributed by atoms with Crippen molar-refractivity contribution in [1.29, 1.82) is 0 Å². The van der Waals surface area contributed by atoms with Crippen LogP contribution < -0.4 is 14.2 Å². The Bertz CT molecular complexity index is 1170. The number of nitrogens with one attached hydrogen (secondary N) is 1. The van der Waals surface area contributed by atoms with E-state index in [9.17, 15) is 8.42 Å². The van der Waals surface area contributed by atoms with Gasteiger partial charge in [0.15, 0.2) is 11.5 Å². The highest BCUT2D eigenvalue weighted by Gasteiger charge is 2.34. The summed E-state index contributed by atoms with van der Waals surface area (Å²) < 4.78 is 40.4. The molecule has 1 N–H and O–H groups in total. The summed E-state index contributed by atoms with van der Waals surface area (Å²) in [6, 6.07) is 20.4. The summed E-state index contributed by atoms with van der Waals surface area (Å²) in [5, 5.41) is 0. The Balaban J connectivity index is 1.76. The van der Waals surface area contributed by atoms with E-state index in [1.807, 2.05) is 55.5 Å². The molecular formula is C25H27NO4S. The minimum atomic E-state index is -3.69. The van der Waals surface area contributed by atoms with Crippen LogP contribution in [0, 0.1) is 6.92 Å². The number of methoxy groups -OCH3 is 2. The zero-order valence-corrected chi connectivity index (χ0v) is 18.8. The molecule has 0 bridgehead atoms. The SMILES string of the molecule is COc1ccc(C2CCc3ccccc3C2NS(=O)(=O)c2ccc(C)cc2)cc1OC. The molecule has 162 valence electrons. The Labute approximate surface area is 184 Å². The lowest BCUT2D eigenvalue weighted by Gasteiger charge is -2.34. The van der Waals surface area contributed by atoms with E-state index in [4.69, 9.17) is 9.47 Å². The third kappa shape index (κ3) is 4.31. The standard InChI is InChI=1S/C25H27NO4S/c1-17-8-12-20(13-9-17)31(27,28)26-25-21-7-5-4-6-18(21)10-14-22(25)19-11-15-23(29-2)24(16-19)30-3/h4-9,11-13,15-16,22,25-26H,10,14H2,1-3H3. The van der Waals surface area contributed by atoms with Crippen LogP contribution in [0.1, 0.15) is 40.6 Å². The highest BCUT2D eigenvalue weighted by molar-refractivity contribution is 7.89. The van der Waals surface area contributed by atoms with Gasteiger partial charge in [-0.2, -0.15) is 0 Å². The van der Waals surface area contributed by atoms with Crippen molar-refractivity contribution >= 4 is 10.0 Å². The summed E-state index contributed by atoms with van der Waals surface area (Å²) in [5.41, 5.74) is 4.23. The fourth-order valence-corrected chi connectivity index (χ4v) is 5.56. The molecule has 31 heavy (non-hydrogen) atoms. The zero-order chi connectivity index (χ0) is 22.0. The quantitative estimate of drug-likeness (QED) is 0.604. The molecule has 6 heteroatoms. The van der Waals surface area contributed by atoms with E-state index < -0.39 is 10.0 Å². The molecule has 2 atom stereocenters. The van der Waals surface area contributed by atoms with Gasteiger partial charge in [0.2, 0.25) is 10.0 Å². The van der Waals surface area contributed by atoms with Gasteiger partial charge in [-0.15, -0.1) is 0 Å². The molecule has 0 fully saturated rings. The summed E-state index contributed by atoms with van der Waals surface area (Å²) in [4.78, 5) is 0.271. The lowest BCUT2D eigenvalue weighted by molar-refractivity contribution is 0.353.